The SMILES string of the molecule is Cc1ccc(C(=O)Nc2nccnc2C(=O)NC[C@@H]2CCCO2)cc1. The minimum atomic E-state index is -0.386. The molecule has 130 valence electrons. The molecular weight excluding hydrogens is 320 g/mol. The number of nitrogens with zero attached hydrogens (tertiary/aromatic N) is 2. The van der Waals surface area contributed by atoms with Crippen molar-refractivity contribution < 1.29 is 14.3 Å². The molecular formula is C18H20N4O3. The number of amides is 2. The number of carbonyl (C=O) groups is 2. The molecule has 0 bridgehead atoms. The molecule has 2 amide bonds. The van der Waals surface area contributed by atoms with Gasteiger partial charge in [-0.15, -0.1) is 0 Å². The fraction of sp³-hybridized carbons (Fsp3) is 0.333. The summed E-state index contributed by atoms with van der Waals surface area (Å²) in [7, 11) is 0. The van der Waals surface area contributed by atoms with Crippen molar-refractivity contribution in [1.82, 2.24) is 15.3 Å². The standard InChI is InChI=1S/C18H20N4O3/c1-12-4-6-13(7-5-12)17(23)22-16-15(19-8-9-20-16)18(24)21-11-14-3-2-10-25-14/h4-9,14H,2-3,10-11H2,1H3,(H,21,24)(H,20,22,23)/t14-/m0/s1. The summed E-state index contributed by atoms with van der Waals surface area (Å²) in [4.78, 5) is 32.8. The third kappa shape index (κ3) is 4.39. The zero-order valence-electron chi connectivity index (χ0n) is 14.0. The van der Waals surface area contributed by atoms with Gasteiger partial charge in [-0.05, 0) is 31.9 Å². The molecule has 2 heterocycles. The van der Waals surface area contributed by atoms with Crippen LogP contribution < -0.4 is 10.6 Å². The van der Waals surface area contributed by atoms with E-state index in [1.807, 2.05) is 19.1 Å². The van der Waals surface area contributed by atoms with Gasteiger partial charge in [-0.3, -0.25) is 9.59 Å². The maximum Gasteiger partial charge on any atom is 0.273 e. The number of hydrogen-bond acceptors (Lipinski definition) is 5. The van der Waals surface area contributed by atoms with Crippen LogP contribution in [0, 0.1) is 6.92 Å². The molecule has 7 heteroatoms. The third-order valence-electron chi connectivity index (χ3n) is 3.97. The van der Waals surface area contributed by atoms with E-state index in [4.69, 9.17) is 4.74 Å². The van der Waals surface area contributed by atoms with Gasteiger partial charge in [0.1, 0.15) is 0 Å². The van der Waals surface area contributed by atoms with Crippen LogP contribution in [0.5, 0.6) is 0 Å². The van der Waals surface area contributed by atoms with Crippen molar-refractivity contribution in [3.8, 4) is 0 Å². The van der Waals surface area contributed by atoms with E-state index in [0.29, 0.717) is 12.1 Å². The van der Waals surface area contributed by atoms with Crippen LogP contribution in [0.1, 0.15) is 39.3 Å². The van der Waals surface area contributed by atoms with Gasteiger partial charge >= 0.3 is 0 Å². The predicted molar refractivity (Wildman–Crippen MR) is 92.5 cm³/mol. The Labute approximate surface area is 145 Å². The van der Waals surface area contributed by atoms with Crippen LogP contribution in [0.15, 0.2) is 36.7 Å². The van der Waals surface area contributed by atoms with E-state index in [9.17, 15) is 9.59 Å². The smallest absolute Gasteiger partial charge is 0.273 e. The number of ether oxygens (including phenoxy) is 1. The van der Waals surface area contributed by atoms with Crippen molar-refractivity contribution in [3.05, 3.63) is 53.5 Å². The molecule has 0 spiro atoms. The summed E-state index contributed by atoms with van der Waals surface area (Å²) in [5.41, 5.74) is 1.63. The van der Waals surface area contributed by atoms with Crippen LogP contribution in [0.25, 0.3) is 0 Å². The van der Waals surface area contributed by atoms with E-state index in [1.54, 1.807) is 12.1 Å². The first-order valence-electron chi connectivity index (χ1n) is 8.22. The number of anilines is 1. The fourth-order valence-corrected chi connectivity index (χ4v) is 2.58. The first-order chi connectivity index (χ1) is 12.1. The zero-order valence-corrected chi connectivity index (χ0v) is 14.0. The molecule has 2 N–H and O–H groups in total. The Hall–Kier alpha value is -2.80. The minimum absolute atomic E-state index is 0.0335. The quantitative estimate of drug-likeness (QED) is 0.868. The van der Waals surface area contributed by atoms with Crippen molar-refractivity contribution in [2.24, 2.45) is 0 Å². The number of nitrogens with one attached hydrogen (secondary N) is 2. The van der Waals surface area contributed by atoms with Gasteiger partial charge in [0.25, 0.3) is 11.8 Å². The van der Waals surface area contributed by atoms with E-state index in [1.165, 1.54) is 12.4 Å². The van der Waals surface area contributed by atoms with Gasteiger partial charge in [-0.25, -0.2) is 9.97 Å². The van der Waals surface area contributed by atoms with Crippen LogP contribution >= 0.6 is 0 Å². The second-order valence-electron chi connectivity index (χ2n) is 5.92. The largest absolute Gasteiger partial charge is 0.376 e. The topological polar surface area (TPSA) is 93.2 Å². The molecule has 1 saturated heterocycles. The Morgan fingerprint density at radius 1 is 1.16 bits per heavy atom. The predicted octanol–water partition coefficient (Wildman–Crippen LogP) is 1.95. The first kappa shape index (κ1) is 17.0. The summed E-state index contributed by atoms with van der Waals surface area (Å²) in [5, 5.41) is 5.43. The second-order valence-corrected chi connectivity index (χ2v) is 5.92. The summed E-state index contributed by atoms with van der Waals surface area (Å²) in [6, 6.07) is 7.14. The lowest BCUT2D eigenvalue weighted by Crippen LogP contribution is -2.33. The van der Waals surface area contributed by atoms with Crippen molar-refractivity contribution in [1.29, 1.82) is 0 Å². The molecule has 0 radical (unpaired) electrons. The minimum Gasteiger partial charge on any atom is -0.376 e. The van der Waals surface area contributed by atoms with E-state index in [0.717, 1.165) is 25.0 Å². The number of carbonyl (C=O) groups excluding carboxylic acids is 2. The normalized spacial score (nSPS) is 16.4. The molecule has 25 heavy (non-hydrogen) atoms. The third-order valence-corrected chi connectivity index (χ3v) is 3.97. The van der Waals surface area contributed by atoms with Crippen molar-refractivity contribution in [2.75, 3.05) is 18.5 Å². The molecule has 1 aliphatic rings. The summed E-state index contributed by atoms with van der Waals surface area (Å²) >= 11 is 0. The molecule has 2 aromatic rings. The van der Waals surface area contributed by atoms with E-state index in [2.05, 4.69) is 20.6 Å². The lowest BCUT2D eigenvalue weighted by molar-refractivity contribution is 0.0854. The van der Waals surface area contributed by atoms with Gasteiger partial charge in [0.2, 0.25) is 0 Å². The summed E-state index contributed by atoms with van der Waals surface area (Å²) in [5.74, 6) is -0.589. The number of benzene rings is 1. The molecule has 0 unspecified atom stereocenters. The Balaban J connectivity index is 1.68. The maximum atomic E-state index is 12.4. The zero-order chi connectivity index (χ0) is 17.6. The van der Waals surface area contributed by atoms with Gasteiger partial charge in [0.15, 0.2) is 11.5 Å². The van der Waals surface area contributed by atoms with Crippen LogP contribution in [-0.4, -0.2) is 41.0 Å². The Morgan fingerprint density at radius 3 is 2.64 bits per heavy atom. The molecule has 0 aliphatic carbocycles. The Bertz CT molecular complexity index is 755. The average Bonchev–Trinajstić information content (AvgIpc) is 3.14. The first-order valence-corrected chi connectivity index (χ1v) is 8.22. The highest BCUT2D eigenvalue weighted by Crippen LogP contribution is 2.13. The van der Waals surface area contributed by atoms with Crippen LogP contribution in [0.4, 0.5) is 5.82 Å². The molecule has 7 nitrogen and oxygen atoms in total. The van der Waals surface area contributed by atoms with Crippen LogP contribution in [0.2, 0.25) is 0 Å². The van der Waals surface area contributed by atoms with Crippen LogP contribution in [-0.2, 0) is 4.74 Å². The van der Waals surface area contributed by atoms with Gasteiger partial charge in [0.05, 0.1) is 6.10 Å². The Morgan fingerprint density at radius 2 is 1.92 bits per heavy atom. The summed E-state index contributed by atoms with van der Waals surface area (Å²) in [6.45, 7) is 3.09. The summed E-state index contributed by atoms with van der Waals surface area (Å²) < 4.78 is 5.48. The highest BCUT2D eigenvalue weighted by molar-refractivity contribution is 6.07. The highest BCUT2D eigenvalue weighted by Gasteiger charge is 2.20. The van der Waals surface area contributed by atoms with Gasteiger partial charge in [0, 0.05) is 31.1 Å². The molecule has 1 fully saturated rings. The van der Waals surface area contributed by atoms with Crippen molar-refractivity contribution in [3.63, 3.8) is 0 Å². The maximum absolute atomic E-state index is 12.4. The molecule has 3 rings (SSSR count). The van der Waals surface area contributed by atoms with Crippen LogP contribution in [0.3, 0.4) is 0 Å². The number of aryl methyl sites for hydroxylation is 1. The number of hydrogen-bond donors (Lipinski definition) is 2. The lowest BCUT2D eigenvalue weighted by Gasteiger charge is -2.12. The number of rotatable bonds is 5. The van der Waals surface area contributed by atoms with Crippen molar-refractivity contribution in [2.45, 2.75) is 25.9 Å². The monoisotopic (exact) mass is 340 g/mol. The van der Waals surface area contributed by atoms with E-state index in [-0.39, 0.29) is 29.4 Å². The summed E-state index contributed by atoms with van der Waals surface area (Å²) in [6.07, 6.45) is 4.82. The van der Waals surface area contributed by atoms with E-state index < -0.39 is 0 Å². The average molecular weight is 340 g/mol. The second kappa shape index (κ2) is 7.85. The fourth-order valence-electron chi connectivity index (χ4n) is 2.58. The lowest BCUT2D eigenvalue weighted by atomic mass is 10.1. The number of aromatic nitrogens is 2. The van der Waals surface area contributed by atoms with Gasteiger partial charge in [-0.1, -0.05) is 17.7 Å². The molecule has 1 aromatic carbocycles. The molecule has 1 atom stereocenters. The molecule has 0 saturated carbocycles. The molecule has 1 aromatic heterocycles. The highest BCUT2D eigenvalue weighted by atomic mass is 16.5. The van der Waals surface area contributed by atoms with Gasteiger partial charge < -0.3 is 15.4 Å². The van der Waals surface area contributed by atoms with Gasteiger partial charge in [-0.2, -0.15) is 0 Å². The Kier molecular flexibility index (Phi) is 5.35. The van der Waals surface area contributed by atoms with E-state index >= 15 is 0 Å². The van der Waals surface area contributed by atoms with Crippen molar-refractivity contribution >= 4 is 17.6 Å². The molecule has 1 aliphatic heterocycles.